The molecule has 0 radical (unpaired) electrons. The van der Waals surface area contributed by atoms with Gasteiger partial charge >= 0.3 is 5.69 Å². The van der Waals surface area contributed by atoms with Gasteiger partial charge in [0.2, 0.25) is 0 Å². The minimum absolute atomic E-state index is 0.0243. The number of carbonyl (C=O) groups is 1. The molecule has 108 valence electrons. The zero-order valence-electron chi connectivity index (χ0n) is 10.5. The van der Waals surface area contributed by atoms with Crippen molar-refractivity contribution in [2.24, 2.45) is 0 Å². The molecule has 0 bridgehead atoms. The fourth-order valence-electron chi connectivity index (χ4n) is 1.72. The van der Waals surface area contributed by atoms with Crippen molar-refractivity contribution in [3.8, 4) is 0 Å². The summed E-state index contributed by atoms with van der Waals surface area (Å²) in [5, 5.41) is 10.8. The minimum atomic E-state index is -0.823. The van der Waals surface area contributed by atoms with Crippen LogP contribution in [-0.2, 0) is 6.54 Å². The average molecular weight is 355 g/mol. The first-order chi connectivity index (χ1) is 9.88. The van der Waals surface area contributed by atoms with Gasteiger partial charge in [0.1, 0.15) is 5.82 Å². The summed E-state index contributed by atoms with van der Waals surface area (Å²) in [7, 11) is 0. The van der Waals surface area contributed by atoms with Crippen LogP contribution >= 0.6 is 15.9 Å². The van der Waals surface area contributed by atoms with Gasteiger partial charge in [-0.3, -0.25) is 19.7 Å². The number of halogens is 2. The predicted octanol–water partition coefficient (Wildman–Crippen LogP) is 2.54. The van der Waals surface area contributed by atoms with E-state index in [1.807, 2.05) is 0 Å². The Bertz CT molecular complexity index is 788. The van der Waals surface area contributed by atoms with Crippen LogP contribution in [0, 0.1) is 15.9 Å². The number of rotatable bonds is 4. The molecule has 0 atom stereocenters. The number of Topliss-reactive ketones (excluding diaryl/α,β-unsaturated/α-hetero) is 1. The molecular formula is C13H8BrFN2O4. The third-order valence-corrected chi connectivity index (χ3v) is 3.25. The molecule has 1 aromatic heterocycles. The van der Waals surface area contributed by atoms with E-state index in [-0.39, 0.29) is 16.6 Å². The average Bonchev–Trinajstić information content (AvgIpc) is 2.42. The van der Waals surface area contributed by atoms with Crippen molar-refractivity contribution in [3.63, 3.8) is 0 Å². The molecule has 1 heterocycles. The van der Waals surface area contributed by atoms with E-state index < -0.39 is 27.6 Å². The topological polar surface area (TPSA) is 82.2 Å². The summed E-state index contributed by atoms with van der Waals surface area (Å²) < 4.78 is 14.2. The summed E-state index contributed by atoms with van der Waals surface area (Å²) in [6.07, 6.45) is 2.25. The Labute approximate surface area is 126 Å². The molecule has 2 aromatic rings. The minimum Gasteiger partial charge on any atom is -0.339 e. The Balaban J connectivity index is 2.34. The van der Waals surface area contributed by atoms with Gasteiger partial charge in [0.15, 0.2) is 5.78 Å². The standard InChI is InChI=1S/C13H8BrFN2O4/c14-10-5-16(6-11(13(10)19)17(20)21)7-12(18)8-2-1-3-9(15)4-8/h1-6H,7H2. The molecule has 21 heavy (non-hydrogen) atoms. The van der Waals surface area contributed by atoms with Crippen LogP contribution in [0.1, 0.15) is 10.4 Å². The molecule has 0 amide bonds. The Hall–Kier alpha value is -2.35. The number of ketones is 1. The highest BCUT2D eigenvalue weighted by Gasteiger charge is 2.17. The summed E-state index contributed by atoms with van der Waals surface area (Å²) in [5.41, 5.74) is -1.27. The highest BCUT2D eigenvalue weighted by Crippen LogP contribution is 2.12. The third kappa shape index (κ3) is 3.40. The second kappa shape index (κ2) is 5.96. The zero-order chi connectivity index (χ0) is 15.6. The predicted molar refractivity (Wildman–Crippen MR) is 75.8 cm³/mol. The molecule has 6 nitrogen and oxygen atoms in total. The van der Waals surface area contributed by atoms with Gasteiger partial charge in [0, 0.05) is 11.8 Å². The fraction of sp³-hybridized carbons (Fsp3) is 0.0769. The molecule has 0 saturated heterocycles. The van der Waals surface area contributed by atoms with Gasteiger partial charge in [-0.05, 0) is 28.1 Å². The van der Waals surface area contributed by atoms with Crippen molar-refractivity contribution in [2.45, 2.75) is 6.54 Å². The van der Waals surface area contributed by atoms with E-state index in [1.165, 1.54) is 29.0 Å². The Morgan fingerprint density at radius 2 is 2.10 bits per heavy atom. The molecule has 0 saturated carbocycles. The molecule has 2 rings (SSSR count). The molecule has 0 aliphatic heterocycles. The fourth-order valence-corrected chi connectivity index (χ4v) is 2.19. The lowest BCUT2D eigenvalue weighted by Gasteiger charge is -2.06. The van der Waals surface area contributed by atoms with E-state index in [2.05, 4.69) is 15.9 Å². The molecule has 0 aliphatic rings. The lowest BCUT2D eigenvalue weighted by Crippen LogP contribution is -2.16. The van der Waals surface area contributed by atoms with E-state index in [0.717, 1.165) is 12.3 Å². The maximum Gasteiger partial charge on any atom is 0.333 e. The highest BCUT2D eigenvalue weighted by atomic mass is 79.9. The highest BCUT2D eigenvalue weighted by molar-refractivity contribution is 9.10. The second-order valence-electron chi connectivity index (χ2n) is 4.18. The van der Waals surface area contributed by atoms with Gasteiger partial charge in [-0.1, -0.05) is 12.1 Å². The number of nitro groups is 1. The van der Waals surface area contributed by atoms with Crippen LogP contribution in [0.15, 0.2) is 45.9 Å². The number of carbonyl (C=O) groups excluding carboxylic acids is 1. The quantitative estimate of drug-likeness (QED) is 0.479. The van der Waals surface area contributed by atoms with Crippen molar-refractivity contribution in [1.82, 2.24) is 4.57 Å². The number of hydrogen-bond acceptors (Lipinski definition) is 4. The first kappa shape index (κ1) is 15.0. The first-order valence-electron chi connectivity index (χ1n) is 5.71. The number of benzene rings is 1. The number of nitrogens with zero attached hydrogens (tertiary/aromatic N) is 2. The first-order valence-corrected chi connectivity index (χ1v) is 6.50. The largest absolute Gasteiger partial charge is 0.339 e. The number of pyridine rings is 1. The van der Waals surface area contributed by atoms with Gasteiger partial charge in [-0.2, -0.15) is 0 Å². The van der Waals surface area contributed by atoms with Crippen molar-refractivity contribution in [1.29, 1.82) is 0 Å². The van der Waals surface area contributed by atoms with Gasteiger partial charge in [-0.15, -0.1) is 0 Å². The maximum absolute atomic E-state index is 13.1. The van der Waals surface area contributed by atoms with Crippen LogP contribution in [-0.4, -0.2) is 15.3 Å². The monoisotopic (exact) mass is 354 g/mol. The normalized spacial score (nSPS) is 10.4. The molecule has 8 heteroatoms. The van der Waals surface area contributed by atoms with Crippen LogP contribution in [0.3, 0.4) is 0 Å². The lowest BCUT2D eigenvalue weighted by atomic mass is 10.1. The van der Waals surface area contributed by atoms with Crippen LogP contribution in [0.5, 0.6) is 0 Å². The SMILES string of the molecule is O=C(Cn1cc(Br)c(=O)c([N+](=O)[O-])c1)c1cccc(F)c1. The summed E-state index contributed by atoms with van der Waals surface area (Å²) in [4.78, 5) is 33.5. The summed E-state index contributed by atoms with van der Waals surface area (Å²) in [6.45, 7) is -0.247. The van der Waals surface area contributed by atoms with E-state index >= 15 is 0 Å². The number of aromatic nitrogens is 1. The van der Waals surface area contributed by atoms with Gasteiger partial charge in [0.05, 0.1) is 22.1 Å². The summed E-state index contributed by atoms with van der Waals surface area (Å²) >= 11 is 2.91. The smallest absolute Gasteiger partial charge is 0.333 e. The molecule has 1 aromatic carbocycles. The van der Waals surface area contributed by atoms with E-state index in [1.54, 1.807) is 0 Å². The van der Waals surface area contributed by atoms with Crippen molar-refractivity contribution >= 4 is 27.4 Å². The van der Waals surface area contributed by atoms with Crippen molar-refractivity contribution < 1.29 is 14.1 Å². The van der Waals surface area contributed by atoms with Crippen LogP contribution in [0.2, 0.25) is 0 Å². The molecular weight excluding hydrogens is 347 g/mol. The van der Waals surface area contributed by atoms with Gasteiger partial charge < -0.3 is 4.57 Å². The van der Waals surface area contributed by atoms with Crippen LogP contribution in [0.4, 0.5) is 10.1 Å². The molecule has 0 N–H and O–H groups in total. The lowest BCUT2D eigenvalue weighted by molar-refractivity contribution is -0.386. The molecule has 0 fully saturated rings. The summed E-state index contributed by atoms with van der Waals surface area (Å²) in [5.74, 6) is -0.979. The molecule has 0 unspecified atom stereocenters. The van der Waals surface area contributed by atoms with Crippen molar-refractivity contribution in [3.05, 3.63) is 72.9 Å². The summed E-state index contributed by atoms with van der Waals surface area (Å²) in [6, 6.07) is 5.12. The van der Waals surface area contributed by atoms with E-state index in [0.29, 0.717) is 0 Å². The van der Waals surface area contributed by atoms with Crippen molar-refractivity contribution in [2.75, 3.05) is 0 Å². The number of hydrogen-bond donors (Lipinski definition) is 0. The maximum atomic E-state index is 13.1. The Morgan fingerprint density at radius 3 is 2.71 bits per heavy atom. The van der Waals surface area contributed by atoms with Gasteiger partial charge in [0.25, 0.3) is 5.43 Å². The van der Waals surface area contributed by atoms with E-state index in [9.17, 15) is 24.1 Å². The Morgan fingerprint density at radius 1 is 1.38 bits per heavy atom. The van der Waals surface area contributed by atoms with Gasteiger partial charge in [-0.25, -0.2) is 4.39 Å². The van der Waals surface area contributed by atoms with Crippen LogP contribution < -0.4 is 5.43 Å². The second-order valence-corrected chi connectivity index (χ2v) is 5.04. The van der Waals surface area contributed by atoms with E-state index in [4.69, 9.17) is 0 Å². The third-order valence-electron chi connectivity index (χ3n) is 2.69. The molecule has 0 aliphatic carbocycles. The van der Waals surface area contributed by atoms with Crippen LogP contribution in [0.25, 0.3) is 0 Å². The molecule has 0 spiro atoms. The Kier molecular flexibility index (Phi) is 4.27. The zero-order valence-corrected chi connectivity index (χ0v) is 12.0.